The number of carbonyl (C=O) groups excluding carboxylic acids is 2. The second-order valence-electron chi connectivity index (χ2n) is 5.95. The lowest BCUT2D eigenvalue weighted by molar-refractivity contribution is -0.116. The highest BCUT2D eigenvalue weighted by Gasteiger charge is 2.14. The predicted molar refractivity (Wildman–Crippen MR) is 108 cm³/mol. The number of nitrogens with one attached hydrogen (secondary N) is 1. The third kappa shape index (κ3) is 4.77. The Morgan fingerprint density at radius 2 is 2.04 bits per heavy atom. The average molecular weight is 423 g/mol. The van der Waals surface area contributed by atoms with Gasteiger partial charge in [0.2, 0.25) is 5.91 Å². The summed E-state index contributed by atoms with van der Waals surface area (Å²) in [6.07, 6.45) is 0.627. The number of rotatable bonds is 6. The van der Waals surface area contributed by atoms with Gasteiger partial charge in [-0.25, -0.2) is 4.98 Å². The van der Waals surface area contributed by atoms with Gasteiger partial charge < -0.3 is 9.73 Å². The highest BCUT2D eigenvalue weighted by molar-refractivity contribution is 7.14. The second kappa shape index (κ2) is 8.25. The monoisotopic (exact) mass is 422 g/mol. The number of nitrogens with zero attached hydrogens (tertiary/aromatic N) is 1. The van der Waals surface area contributed by atoms with Crippen LogP contribution in [0.1, 0.15) is 35.2 Å². The number of anilines is 1. The molecule has 0 saturated carbocycles. The summed E-state index contributed by atoms with van der Waals surface area (Å²) >= 11 is 13.4. The molecule has 5 nitrogen and oxygen atoms in total. The number of aryl methyl sites for hydroxylation is 2. The highest BCUT2D eigenvalue weighted by Crippen LogP contribution is 2.32. The number of Topliss-reactive ketones (excluding diaryl/α,β-unsaturated/α-hetero) is 1. The molecule has 2 aromatic heterocycles. The van der Waals surface area contributed by atoms with E-state index in [2.05, 4.69) is 10.3 Å². The molecule has 0 unspecified atom stereocenters. The molecule has 1 amide bonds. The van der Waals surface area contributed by atoms with Crippen molar-refractivity contribution in [3.63, 3.8) is 0 Å². The lowest BCUT2D eigenvalue weighted by atomic mass is 10.1. The molecule has 0 atom stereocenters. The molecule has 27 heavy (non-hydrogen) atoms. The van der Waals surface area contributed by atoms with Crippen LogP contribution in [0, 0.1) is 6.92 Å². The maximum atomic E-state index is 12.2. The number of ketones is 1. The van der Waals surface area contributed by atoms with Gasteiger partial charge in [-0.2, -0.15) is 0 Å². The van der Waals surface area contributed by atoms with E-state index in [1.54, 1.807) is 31.2 Å². The number of aromatic nitrogens is 1. The number of thiazole rings is 1. The first-order valence-corrected chi connectivity index (χ1v) is 9.78. The fraction of sp³-hybridized carbons (Fsp3) is 0.211. The van der Waals surface area contributed by atoms with Crippen molar-refractivity contribution < 1.29 is 14.0 Å². The molecule has 0 aliphatic rings. The molecule has 0 fully saturated rings. The molecule has 140 valence electrons. The SMILES string of the molecule is CC(=O)c1cc(CCC(=O)Nc2nc(-c3ccc(Cl)cc3Cl)cs2)oc1C. The minimum absolute atomic E-state index is 0.0527. The first kappa shape index (κ1) is 19.6. The Bertz CT molecular complexity index is 1010. The number of benzene rings is 1. The maximum absolute atomic E-state index is 12.2. The van der Waals surface area contributed by atoms with Crippen molar-refractivity contribution in [3.05, 3.63) is 56.8 Å². The van der Waals surface area contributed by atoms with Crippen molar-refractivity contribution in [1.82, 2.24) is 4.98 Å². The van der Waals surface area contributed by atoms with Crippen LogP contribution in [0.3, 0.4) is 0 Å². The molecule has 8 heteroatoms. The van der Waals surface area contributed by atoms with E-state index in [0.717, 1.165) is 5.56 Å². The van der Waals surface area contributed by atoms with Crippen molar-refractivity contribution in [1.29, 1.82) is 0 Å². The van der Waals surface area contributed by atoms with E-state index < -0.39 is 0 Å². The zero-order valence-electron chi connectivity index (χ0n) is 14.6. The molecule has 0 aliphatic carbocycles. The fourth-order valence-electron chi connectivity index (χ4n) is 2.59. The van der Waals surface area contributed by atoms with Crippen molar-refractivity contribution in [2.24, 2.45) is 0 Å². The number of halogens is 2. The first-order chi connectivity index (χ1) is 12.8. The Labute approximate surface area is 170 Å². The standard InChI is InChI=1S/C19H16Cl2N2O3S/c1-10(24)15-8-13(26-11(15)2)4-6-18(25)23-19-22-17(9-27-19)14-5-3-12(20)7-16(14)21/h3,5,7-9H,4,6H2,1-2H3,(H,22,23,25). The van der Waals surface area contributed by atoms with Gasteiger partial charge in [0.25, 0.3) is 0 Å². The lowest BCUT2D eigenvalue weighted by Crippen LogP contribution is -2.12. The highest BCUT2D eigenvalue weighted by atomic mass is 35.5. The Hall–Kier alpha value is -2.15. The second-order valence-corrected chi connectivity index (χ2v) is 7.65. The van der Waals surface area contributed by atoms with Gasteiger partial charge in [-0.15, -0.1) is 11.3 Å². The third-order valence-electron chi connectivity index (χ3n) is 3.90. The van der Waals surface area contributed by atoms with Gasteiger partial charge in [0.1, 0.15) is 11.5 Å². The van der Waals surface area contributed by atoms with Gasteiger partial charge in [-0.1, -0.05) is 23.2 Å². The third-order valence-corrected chi connectivity index (χ3v) is 5.21. The molecule has 0 aliphatic heterocycles. The van der Waals surface area contributed by atoms with Crippen LogP contribution in [0.15, 0.2) is 34.1 Å². The van der Waals surface area contributed by atoms with Crippen molar-refractivity contribution in [3.8, 4) is 11.3 Å². The van der Waals surface area contributed by atoms with Gasteiger partial charge >= 0.3 is 0 Å². The van der Waals surface area contributed by atoms with Gasteiger partial charge in [0.05, 0.1) is 16.3 Å². The summed E-state index contributed by atoms with van der Waals surface area (Å²) < 4.78 is 5.52. The summed E-state index contributed by atoms with van der Waals surface area (Å²) in [6.45, 7) is 3.22. The quantitative estimate of drug-likeness (QED) is 0.509. The van der Waals surface area contributed by atoms with E-state index >= 15 is 0 Å². The molecule has 0 saturated heterocycles. The molecular weight excluding hydrogens is 407 g/mol. The topological polar surface area (TPSA) is 72.2 Å². The molecule has 0 spiro atoms. The van der Waals surface area contributed by atoms with Crippen molar-refractivity contribution in [2.45, 2.75) is 26.7 Å². The van der Waals surface area contributed by atoms with Crippen LogP contribution in [0.2, 0.25) is 10.0 Å². The summed E-state index contributed by atoms with van der Waals surface area (Å²) in [4.78, 5) is 28.0. The number of hydrogen-bond donors (Lipinski definition) is 1. The Morgan fingerprint density at radius 1 is 1.26 bits per heavy atom. The van der Waals surface area contributed by atoms with E-state index in [1.165, 1.54) is 18.3 Å². The lowest BCUT2D eigenvalue weighted by Gasteiger charge is -2.02. The van der Waals surface area contributed by atoms with Crippen LogP contribution in [0.4, 0.5) is 5.13 Å². The van der Waals surface area contributed by atoms with Crippen LogP contribution in [0.5, 0.6) is 0 Å². The molecule has 3 aromatic rings. The van der Waals surface area contributed by atoms with Crippen molar-refractivity contribution >= 4 is 51.4 Å². The number of amides is 1. The van der Waals surface area contributed by atoms with Crippen molar-refractivity contribution in [2.75, 3.05) is 5.32 Å². The van der Waals surface area contributed by atoms with Crippen LogP contribution in [-0.4, -0.2) is 16.7 Å². The normalized spacial score (nSPS) is 10.8. The summed E-state index contributed by atoms with van der Waals surface area (Å²) in [6, 6.07) is 6.86. The van der Waals surface area contributed by atoms with E-state index in [0.29, 0.717) is 44.4 Å². The zero-order valence-corrected chi connectivity index (χ0v) is 17.0. The molecule has 1 N–H and O–H groups in total. The molecule has 3 rings (SSSR count). The maximum Gasteiger partial charge on any atom is 0.226 e. The van der Waals surface area contributed by atoms with Crippen LogP contribution in [-0.2, 0) is 11.2 Å². The first-order valence-electron chi connectivity index (χ1n) is 8.14. The fourth-order valence-corrected chi connectivity index (χ4v) is 3.82. The van der Waals surface area contributed by atoms with Gasteiger partial charge in [-0.3, -0.25) is 9.59 Å². The number of carbonyl (C=O) groups is 2. The summed E-state index contributed by atoms with van der Waals surface area (Å²) in [7, 11) is 0. The minimum Gasteiger partial charge on any atom is -0.466 e. The van der Waals surface area contributed by atoms with Crippen LogP contribution < -0.4 is 5.32 Å². The van der Waals surface area contributed by atoms with Gasteiger partial charge in [0, 0.05) is 28.8 Å². The smallest absolute Gasteiger partial charge is 0.226 e. The average Bonchev–Trinajstić information content (AvgIpc) is 3.19. The van der Waals surface area contributed by atoms with E-state index in [-0.39, 0.29) is 18.1 Å². The molecule has 2 heterocycles. The molecule has 0 radical (unpaired) electrons. The Morgan fingerprint density at radius 3 is 2.70 bits per heavy atom. The van der Waals surface area contributed by atoms with Gasteiger partial charge in [0.15, 0.2) is 10.9 Å². The van der Waals surface area contributed by atoms with E-state index in [4.69, 9.17) is 27.6 Å². The van der Waals surface area contributed by atoms with Crippen LogP contribution >= 0.6 is 34.5 Å². The Kier molecular flexibility index (Phi) is 5.99. The molecule has 1 aromatic carbocycles. The predicted octanol–water partition coefficient (Wildman–Crippen LogP) is 5.79. The molecule has 0 bridgehead atoms. The van der Waals surface area contributed by atoms with Gasteiger partial charge in [-0.05, 0) is 38.1 Å². The summed E-state index contributed by atoms with van der Waals surface area (Å²) in [5.74, 6) is 0.947. The van der Waals surface area contributed by atoms with E-state index in [9.17, 15) is 9.59 Å². The zero-order chi connectivity index (χ0) is 19.6. The largest absolute Gasteiger partial charge is 0.466 e. The number of hydrogen-bond acceptors (Lipinski definition) is 5. The number of furan rings is 1. The summed E-state index contributed by atoms with van der Waals surface area (Å²) in [5, 5.41) is 6.12. The minimum atomic E-state index is -0.184. The van der Waals surface area contributed by atoms with E-state index in [1.807, 2.05) is 5.38 Å². The summed E-state index contributed by atoms with van der Waals surface area (Å²) in [5.41, 5.74) is 1.97. The molecular formula is C19H16Cl2N2O3S. The Balaban J connectivity index is 1.61. The van der Waals surface area contributed by atoms with Crippen LogP contribution in [0.25, 0.3) is 11.3 Å².